The van der Waals surface area contributed by atoms with Crippen LogP contribution in [-0.4, -0.2) is 30.8 Å². The van der Waals surface area contributed by atoms with Gasteiger partial charge in [-0.2, -0.15) is 0 Å². The number of carbonyl (C=O) groups is 2. The average molecular weight is 414 g/mol. The molecular formula is C21H20ClN3O4. The standard InChI is InChI=1S/C21H20ClN3O4/c1-28-19-12-18(25-9-3-4-10-25)17(22)11-16(19)20(26)23-13-14-5-7-15(8-6-14)24-21(27)29-2/h3-12H,13H2,1-2H3,(H,23,26)(H,24,27). The van der Waals surface area contributed by atoms with Crippen molar-refractivity contribution in [2.24, 2.45) is 0 Å². The molecule has 0 radical (unpaired) electrons. The molecule has 0 aliphatic carbocycles. The van der Waals surface area contributed by atoms with Crippen molar-refractivity contribution >= 4 is 29.3 Å². The number of benzene rings is 2. The Bertz CT molecular complexity index is 1000. The number of aromatic nitrogens is 1. The number of halogens is 1. The SMILES string of the molecule is COC(=O)Nc1ccc(CNC(=O)c2cc(Cl)c(-n3cccc3)cc2OC)cc1. The molecule has 0 unspecified atom stereocenters. The molecule has 0 aliphatic rings. The first kappa shape index (κ1) is 20.3. The van der Waals surface area contributed by atoms with Crippen LogP contribution in [0.3, 0.4) is 0 Å². The van der Waals surface area contributed by atoms with Gasteiger partial charge in [0.15, 0.2) is 0 Å². The molecule has 1 aromatic heterocycles. The van der Waals surface area contributed by atoms with Gasteiger partial charge in [-0.05, 0) is 35.9 Å². The highest BCUT2D eigenvalue weighted by Gasteiger charge is 2.16. The number of nitrogens with zero attached hydrogens (tertiary/aromatic N) is 1. The lowest BCUT2D eigenvalue weighted by Gasteiger charge is -2.14. The maximum absolute atomic E-state index is 12.7. The van der Waals surface area contributed by atoms with Gasteiger partial charge in [0.1, 0.15) is 5.75 Å². The predicted octanol–water partition coefficient (Wildman–Crippen LogP) is 4.25. The second-order valence-electron chi connectivity index (χ2n) is 6.09. The number of amides is 2. The van der Waals surface area contributed by atoms with Crippen molar-refractivity contribution in [3.63, 3.8) is 0 Å². The predicted molar refractivity (Wildman–Crippen MR) is 111 cm³/mol. The summed E-state index contributed by atoms with van der Waals surface area (Å²) in [6.45, 7) is 0.303. The van der Waals surface area contributed by atoms with E-state index in [-0.39, 0.29) is 5.91 Å². The molecule has 0 spiro atoms. The fourth-order valence-corrected chi connectivity index (χ4v) is 3.00. The molecule has 3 aromatic rings. The van der Waals surface area contributed by atoms with Crippen molar-refractivity contribution in [2.75, 3.05) is 19.5 Å². The van der Waals surface area contributed by atoms with Gasteiger partial charge >= 0.3 is 6.09 Å². The van der Waals surface area contributed by atoms with Crippen LogP contribution < -0.4 is 15.4 Å². The van der Waals surface area contributed by atoms with Gasteiger partial charge in [-0.25, -0.2) is 4.79 Å². The highest BCUT2D eigenvalue weighted by atomic mass is 35.5. The number of anilines is 1. The number of nitrogens with one attached hydrogen (secondary N) is 2. The lowest BCUT2D eigenvalue weighted by molar-refractivity contribution is 0.0948. The first-order valence-electron chi connectivity index (χ1n) is 8.75. The molecule has 0 atom stereocenters. The van der Waals surface area contributed by atoms with Crippen molar-refractivity contribution in [3.05, 3.63) is 77.1 Å². The van der Waals surface area contributed by atoms with Gasteiger partial charge in [-0.15, -0.1) is 0 Å². The summed E-state index contributed by atoms with van der Waals surface area (Å²) < 4.78 is 11.8. The van der Waals surface area contributed by atoms with E-state index in [1.165, 1.54) is 14.2 Å². The Balaban J connectivity index is 1.70. The molecule has 7 nitrogen and oxygen atoms in total. The fraction of sp³-hybridized carbons (Fsp3) is 0.143. The Hall–Kier alpha value is -3.45. The quantitative estimate of drug-likeness (QED) is 0.633. The Kier molecular flexibility index (Phi) is 6.41. The minimum absolute atomic E-state index is 0.303. The second-order valence-corrected chi connectivity index (χ2v) is 6.50. The van der Waals surface area contributed by atoms with Crippen molar-refractivity contribution in [2.45, 2.75) is 6.54 Å². The van der Waals surface area contributed by atoms with E-state index in [1.54, 1.807) is 36.4 Å². The van der Waals surface area contributed by atoms with Crippen LogP contribution in [0, 0.1) is 0 Å². The third-order valence-corrected chi connectivity index (χ3v) is 4.54. The topological polar surface area (TPSA) is 81.6 Å². The lowest BCUT2D eigenvalue weighted by Crippen LogP contribution is -2.23. The molecule has 0 bridgehead atoms. The zero-order valence-corrected chi connectivity index (χ0v) is 16.7. The molecule has 2 amide bonds. The number of hydrogen-bond acceptors (Lipinski definition) is 4. The van der Waals surface area contributed by atoms with Crippen molar-refractivity contribution in [1.29, 1.82) is 0 Å². The highest BCUT2D eigenvalue weighted by Crippen LogP contribution is 2.30. The van der Waals surface area contributed by atoms with Crippen molar-refractivity contribution in [3.8, 4) is 11.4 Å². The van der Waals surface area contributed by atoms with E-state index in [0.717, 1.165) is 11.3 Å². The zero-order valence-electron chi connectivity index (χ0n) is 15.9. The lowest BCUT2D eigenvalue weighted by atomic mass is 10.1. The Morgan fingerprint density at radius 2 is 1.76 bits per heavy atom. The fourth-order valence-electron chi connectivity index (χ4n) is 2.73. The smallest absolute Gasteiger partial charge is 0.411 e. The molecular weight excluding hydrogens is 394 g/mol. The van der Waals surface area contributed by atoms with Gasteiger partial charge in [0, 0.05) is 30.7 Å². The number of carbonyl (C=O) groups excluding carboxylic acids is 2. The van der Waals surface area contributed by atoms with Gasteiger partial charge < -0.3 is 19.4 Å². The van der Waals surface area contributed by atoms with Crippen LogP contribution in [0.15, 0.2) is 60.9 Å². The van der Waals surface area contributed by atoms with E-state index in [2.05, 4.69) is 15.4 Å². The number of methoxy groups -OCH3 is 2. The molecule has 0 saturated carbocycles. The van der Waals surface area contributed by atoms with E-state index < -0.39 is 6.09 Å². The van der Waals surface area contributed by atoms with Crippen molar-refractivity contribution < 1.29 is 19.1 Å². The first-order valence-corrected chi connectivity index (χ1v) is 9.12. The van der Waals surface area contributed by atoms with Gasteiger partial charge in [0.2, 0.25) is 0 Å². The molecule has 150 valence electrons. The van der Waals surface area contributed by atoms with Crippen LogP contribution in [0.4, 0.5) is 10.5 Å². The summed E-state index contributed by atoms with van der Waals surface area (Å²) in [7, 11) is 2.80. The van der Waals surface area contributed by atoms with Gasteiger partial charge in [0.25, 0.3) is 5.91 Å². The number of rotatable bonds is 6. The molecule has 2 N–H and O–H groups in total. The molecule has 0 aliphatic heterocycles. The molecule has 2 aromatic carbocycles. The van der Waals surface area contributed by atoms with Crippen LogP contribution >= 0.6 is 11.6 Å². The number of hydrogen-bond donors (Lipinski definition) is 2. The average Bonchev–Trinajstić information content (AvgIpc) is 3.27. The molecule has 0 fully saturated rings. The summed E-state index contributed by atoms with van der Waals surface area (Å²) in [5.74, 6) is 0.118. The van der Waals surface area contributed by atoms with Crippen molar-refractivity contribution in [1.82, 2.24) is 9.88 Å². The minimum atomic E-state index is -0.543. The van der Waals surface area contributed by atoms with Crippen LogP contribution in [0.1, 0.15) is 15.9 Å². The Morgan fingerprint density at radius 1 is 1.07 bits per heavy atom. The summed E-state index contributed by atoms with van der Waals surface area (Å²) >= 11 is 6.38. The summed E-state index contributed by atoms with van der Waals surface area (Å²) in [4.78, 5) is 23.9. The van der Waals surface area contributed by atoms with E-state index in [4.69, 9.17) is 16.3 Å². The van der Waals surface area contributed by atoms with E-state index in [9.17, 15) is 9.59 Å². The van der Waals surface area contributed by atoms with E-state index in [0.29, 0.717) is 28.6 Å². The third kappa shape index (κ3) is 4.89. The van der Waals surface area contributed by atoms with Crippen LogP contribution in [0.2, 0.25) is 5.02 Å². The van der Waals surface area contributed by atoms with Crippen LogP contribution in [-0.2, 0) is 11.3 Å². The molecule has 29 heavy (non-hydrogen) atoms. The molecule has 8 heteroatoms. The third-order valence-electron chi connectivity index (χ3n) is 4.23. The van der Waals surface area contributed by atoms with Gasteiger partial charge in [-0.1, -0.05) is 23.7 Å². The van der Waals surface area contributed by atoms with Crippen LogP contribution in [0.5, 0.6) is 5.75 Å². The summed E-state index contributed by atoms with van der Waals surface area (Å²) in [5, 5.41) is 5.85. The summed E-state index contributed by atoms with van der Waals surface area (Å²) in [5.41, 5.74) is 2.53. The van der Waals surface area contributed by atoms with E-state index >= 15 is 0 Å². The minimum Gasteiger partial charge on any atom is -0.496 e. The van der Waals surface area contributed by atoms with Crippen LogP contribution in [0.25, 0.3) is 5.69 Å². The maximum Gasteiger partial charge on any atom is 0.411 e. The molecule has 0 saturated heterocycles. The summed E-state index contributed by atoms with van der Waals surface area (Å²) in [6, 6.07) is 14.1. The molecule has 1 heterocycles. The maximum atomic E-state index is 12.7. The Morgan fingerprint density at radius 3 is 2.38 bits per heavy atom. The summed E-state index contributed by atoms with van der Waals surface area (Å²) in [6.07, 6.45) is 3.18. The molecule has 3 rings (SSSR count). The highest BCUT2D eigenvalue weighted by molar-refractivity contribution is 6.33. The van der Waals surface area contributed by atoms with Gasteiger partial charge in [0.05, 0.1) is 30.5 Å². The van der Waals surface area contributed by atoms with E-state index in [1.807, 2.05) is 29.1 Å². The second kappa shape index (κ2) is 9.16. The monoisotopic (exact) mass is 413 g/mol. The normalized spacial score (nSPS) is 10.3. The number of ether oxygens (including phenoxy) is 2. The first-order chi connectivity index (χ1) is 14.0. The zero-order chi connectivity index (χ0) is 20.8. The Labute approximate surface area is 173 Å². The van der Waals surface area contributed by atoms with Gasteiger partial charge in [-0.3, -0.25) is 10.1 Å². The largest absolute Gasteiger partial charge is 0.496 e.